The number of aliphatic hydroxyl groups excluding tert-OH is 1. The molecule has 1 aromatic rings. The quantitative estimate of drug-likeness (QED) is 0.229. The molecule has 0 aromatic heterocycles. The molecule has 0 aliphatic heterocycles. The van der Waals surface area contributed by atoms with E-state index in [0.717, 1.165) is 24.3 Å². The van der Waals surface area contributed by atoms with Crippen LogP contribution in [0.15, 0.2) is 29.3 Å². The highest BCUT2D eigenvalue weighted by molar-refractivity contribution is 14.0. The van der Waals surface area contributed by atoms with E-state index in [4.69, 9.17) is 10.5 Å². The van der Waals surface area contributed by atoms with E-state index in [0.29, 0.717) is 5.96 Å². The third-order valence-corrected chi connectivity index (χ3v) is 3.24. The van der Waals surface area contributed by atoms with Gasteiger partial charge < -0.3 is 20.9 Å². The largest absolute Gasteiger partial charge is 0.491 e. The number of aryl methyl sites for hydroxylation is 1. The van der Waals surface area contributed by atoms with Crippen LogP contribution in [0.5, 0.6) is 5.75 Å². The first-order valence-corrected chi connectivity index (χ1v) is 8.03. The monoisotopic (exact) mass is 435 g/mol. The van der Waals surface area contributed by atoms with Gasteiger partial charge in [-0.1, -0.05) is 38.3 Å². The van der Waals surface area contributed by atoms with Gasteiger partial charge in [-0.15, -0.1) is 24.0 Å². The van der Waals surface area contributed by atoms with Crippen molar-refractivity contribution in [2.45, 2.75) is 45.6 Å². The fourth-order valence-corrected chi connectivity index (χ4v) is 1.98. The summed E-state index contributed by atoms with van der Waals surface area (Å²) >= 11 is 0. The van der Waals surface area contributed by atoms with Gasteiger partial charge in [-0.25, -0.2) is 0 Å². The topological polar surface area (TPSA) is 79.9 Å². The number of aliphatic imine (C=N–C) groups is 1. The van der Waals surface area contributed by atoms with Crippen molar-refractivity contribution in [1.29, 1.82) is 0 Å². The number of unbranched alkanes of at least 4 members (excludes halogenated alkanes) is 3. The Morgan fingerprint density at radius 1 is 1.35 bits per heavy atom. The molecule has 1 unspecified atom stereocenters. The normalized spacial score (nSPS) is 12.4. The van der Waals surface area contributed by atoms with Gasteiger partial charge in [-0.2, -0.15) is 0 Å². The average molecular weight is 435 g/mol. The summed E-state index contributed by atoms with van der Waals surface area (Å²) in [6.07, 6.45) is 4.08. The van der Waals surface area contributed by atoms with Crippen LogP contribution >= 0.6 is 24.0 Å². The number of hydrogen-bond acceptors (Lipinski definition) is 3. The zero-order valence-electron chi connectivity index (χ0n) is 14.1. The van der Waals surface area contributed by atoms with Gasteiger partial charge in [0.2, 0.25) is 0 Å². The van der Waals surface area contributed by atoms with Crippen molar-refractivity contribution >= 4 is 29.9 Å². The second kappa shape index (κ2) is 13.4. The summed E-state index contributed by atoms with van der Waals surface area (Å²) in [6.45, 7) is 5.45. The smallest absolute Gasteiger partial charge is 0.188 e. The van der Waals surface area contributed by atoms with E-state index in [9.17, 15) is 5.11 Å². The predicted octanol–water partition coefficient (Wildman–Crippen LogP) is 2.84. The Kier molecular flexibility index (Phi) is 12.8. The zero-order chi connectivity index (χ0) is 16.2. The highest BCUT2D eigenvalue weighted by atomic mass is 127. The first kappa shape index (κ1) is 22.0. The fourth-order valence-electron chi connectivity index (χ4n) is 1.98. The van der Waals surface area contributed by atoms with Crippen molar-refractivity contribution in [2.24, 2.45) is 10.7 Å². The second-order valence-electron chi connectivity index (χ2n) is 5.49. The number of hydrogen-bond donors (Lipinski definition) is 3. The molecule has 1 rings (SSSR count). The van der Waals surface area contributed by atoms with Gasteiger partial charge >= 0.3 is 0 Å². The summed E-state index contributed by atoms with van der Waals surface area (Å²) in [5.41, 5.74) is 6.88. The molecule has 0 heterocycles. The minimum atomic E-state index is -0.666. The lowest BCUT2D eigenvalue weighted by Crippen LogP contribution is -2.34. The number of rotatable bonds is 10. The van der Waals surface area contributed by atoms with Crippen LogP contribution in [0.2, 0.25) is 0 Å². The van der Waals surface area contributed by atoms with Crippen LogP contribution in [-0.2, 0) is 0 Å². The van der Waals surface area contributed by atoms with E-state index in [1.807, 2.05) is 31.2 Å². The second-order valence-corrected chi connectivity index (χ2v) is 5.49. The van der Waals surface area contributed by atoms with E-state index in [2.05, 4.69) is 17.2 Å². The average Bonchev–Trinajstić information content (AvgIpc) is 2.51. The molecule has 1 atom stereocenters. The molecule has 0 bridgehead atoms. The Hall–Kier alpha value is -1.02. The lowest BCUT2D eigenvalue weighted by Gasteiger charge is -2.11. The van der Waals surface area contributed by atoms with Crippen molar-refractivity contribution in [1.82, 2.24) is 5.32 Å². The standard InChI is InChI=1S/C17H29N3O2.HI/c1-3-4-5-6-10-19-17(18)20-12-15(21)13-22-16-9-7-8-14(2)11-16;/h7-9,11,15,21H,3-6,10,12-13H2,1-2H3,(H3,18,19,20);1H. The van der Waals surface area contributed by atoms with Crippen molar-refractivity contribution in [3.63, 3.8) is 0 Å². The molecule has 0 fully saturated rings. The maximum Gasteiger partial charge on any atom is 0.188 e. The van der Waals surface area contributed by atoms with Gasteiger partial charge in [0.15, 0.2) is 5.96 Å². The van der Waals surface area contributed by atoms with Crippen molar-refractivity contribution in [2.75, 3.05) is 19.7 Å². The first-order chi connectivity index (χ1) is 10.6. The summed E-state index contributed by atoms with van der Waals surface area (Å²) in [6, 6.07) is 7.73. The van der Waals surface area contributed by atoms with Gasteiger partial charge in [0, 0.05) is 6.54 Å². The van der Waals surface area contributed by atoms with E-state index < -0.39 is 6.10 Å². The number of benzene rings is 1. The molecule has 5 nitrogen and oxygen atoms in total. The summed E-state index contributed by atoms with van der Waals surface area (Å²) in [4.78, 5) is 4.13. The van der Waals surface area contributed by atoms with Crippen molar-refractivity contribution in [3.8, 4) is 5.75 Å². The molecule has 0 saturated heterocycles. The lowest BCUT2D eigenvalue weighted by atomic mass is 10.2. The Morgan fingerprint density at radius 3 is 2.83 bits per heavy atom. The van der Waals surface area contributed by atoms with Crippen LogP contribution < -0.4 is 15.8 Å². The summed E-state index contributed by atoms with van der Waals surface area (Å²) in [7, 11) is 0. The predicted molar refractivity (Wildman–Crippen MR) is 107 cm³/mol. The maximum absolute atomic E-state index is 9.85. The highest BCUT2D eigenvalue weighted by Gasteiger charge is 2.05. The number of nitrogens with two attached hydrogens (primary N) is 1. The van der Waals surface area contributed by atoms with Gasteiger partial charge in [0.05, 0.1) is 6.54 Å². The number of guanidine groups is 1. The molecular weight excluding hydrogens is 405 g/mol. The number of aliphatic hydroxyl groups is 1. The molecule has 0 spiro atoms. The van der Waals surface area contributed by atoms with Crippen LogP contribution in [0.3, 0.4) is 0 Å². The van der Waals surface area contributed by atoms with Crippen molar-refractivity contribution < 1.29 is 9.84 Å². The molecule has 0 aliphatic rings. The SMILES string of the molecule is CCCCCCNC(N)=NCC(O)COc1cccc(C)c1.I. The van der Waals surface area contributed by atoms with E-state index >= 15 is 0 Å². The van der Waals surface area contributed by atoms with Crippen LogP contribution in [0.4, 0.5) is 0 Å². The van der Waals surface area contributed by atoms with E-state index in [-0.39, 0.29) is 37.1 Å². The third-order valence-electron chi connectivity index (χ3n) is 3.24. The number of nitrogens with zero attached hydrogens (tertiary/aromatic N) is 1. The Labute approximate surface area is 156 Å². The van der Waals surface area contributed by atoms with Crippen molar-refractivity contribution in [3.05, 3.63) is 29.8 Å². The summed E-state index contributed by atoms with van der Waals surface area (Å²) in [5.74, 6) is 1.14. The van der Waals surface area contributed by atoms with Gasteiger partial charge in [0.25, 0.3) is 0 Å². The highest BCUT2D eigenvalue weighted by Crippen LogP contribution is 2.12. The fraction of sp³-hybridized carbons (Fsp3) is 0.588. The first-order valence-electron chi connectivity index (χ1n) is 8.03. The molecule has 0 radical (unpaired) electrons. The van der Waals surface area contributed by atoms with Crippen LogP contribution in [0.25, 0.3) is 0 Å². The van der Waals surface area contributed by atoms with E-state index in [1.165, 1.54) is 19.3 Å². The molecule has 0 amide bonds. The molecule has 0 saturated carbocycles. The number of ether oxygens (including phenoxy) is 1. The Morgan fingerprint density at radius 2 is 2.13 bits per heavy atom. The zero-order valence-corrected chi connectivity index (χ0v) is 16.5. The molecule has 0 aliphatic carbocycles. The minimum Gasteiger partial charge on any atom is -0.491 e. The van der Waals surface area contributed by atoms with Crippen LogP contribution in [0, 0.1) is 6.92 Å². The van der Waals surface area contributed by atoms with Crippen LogP contribution in [-0.4, -0.2) is 36.9 Å². The van der Waals surface area contributed by atoms with E-state index in [1.54, 1.807) is 0 Å². The number of nitrogens with one attached hydrogen (secondary N) is 1. The number of halogens is 1. The van der Waals surface area contributed by atoms with Gasteiger partial charge in [-0.05, 0) is 31.0 Å². The Balaban J connectivity index is 0.00000484. The minimum absolute atomic E-state index is 0. The lowest BCUT2D eigenvalue weighted by molar-refractivity contribution is 0.114. The van der Waals surface area contributed by atoms with Gasteiger partial charge in [-0.3, -0.25) is 4.99 Å². The molecule has 1 aromatic carbocycles. The molecular formula is C17H30IN3O2. The molecule has 23 heavy (non-hydrogen) atoms. The summed E-state index contributed by atoms with van der Waals surface area (Å²) < 4.78 is 5.53. The third kappa shape index (κ3) is 11.2. The maximum atomic E-state index is 9.85. The van der Waals surface area contributed by atoms with Gasteiger partial charge in [0.1, 0.15) is 18.5 Å². The van der Waals surface area contributed by atoms with Crippen LogP contribution in [0.1, 0.15) is 38.2 Å². The molecule has 6 heteroatoms. The molecule has 132 valence electrons. The summed E-state index contributed by atoms with van der Waals surface area (Å²) in [5, 5.41) is 12.9. The molecule has 4 N–H and O–H groups in total. The Bertz CT molecular complexity index is 455.